The third-order valence-electron chi connectivity index (χ3n) is 5.70. The molecule has 1 aromatic rings. The Labute approximate surface area is 175 Å². The van der Waals surface area contributed by atoms with Crippen molar-refractivity contribution in [2.24, 2.45) is 10.4 Å². The lowest BCUT2D eigenvalue weighted by atomic mass is 9.65. The number of guanidine groups is 1. The molecular weight excluding hydrogens is 461 g/mol. The molecule has 148 valence electrons. The molecule has 0 bridgehead atoms. The first kappa shape index (κ1) is 23.2. The highest BCUT2D eigenvalue weighted by Crippen LogP contribution is 2.46. The zero-order valence-electron chi connectivity index (χ0n) is 16.6. The standard InChI is InChI=1S/C19H31N3O2S.HI/c1-7-15(13-25(23,24)16-11-9-8-10-12-16)21-17(20-6)22-14-18(2,3)19(22,4)5;/h8-12,15H,7,13-14H2,1-6H3,(H,20,21);1H. The number of hydrogen-bond donors (Lipinski definition) is 1. The van der Waals surface area contributed by atoms with Gasteiger partial charge in [-0.25, -0.2) is 8.42 Å². The van der Waals surface area contributed by atoms with E-state index in [4.69, 9.17) is 0 Å². The van der Waals surface area contributed by atoms with E-state index in [0.29, 0.717) is 11.3 Å². The average Bonchev–Trinajstić information content (AvgIpc) is 2.57. The Morgan fingerprint density at radius 3 is 2.23 bits per heavy atom. The van der Waals surface area contributed by atoms with Crippen LogP contribution in [0.5, 0.6) is 0 Å². The average molecular weight is 493 g/mol. The number of hydrogen-bond acceptors (Lipinski definition) is 3. The first-order valence-electron chi connectivity index (χ1n) is 8.84. The van der Waals surface area contributed by atoms with Crippen molar-refractivity contribution in [3.05, 3.63) is 30.3 Å². The molecule has 0 spiro atoms. The molecule has 0 radical (unpaired) electrons. The highest BCUT2D eigenvalue weighted by Gasteiger charge is 2.53. The molecular formula is C19H32IN3O2S. The lowest BCUT2D eigenvalue weighted by Crippen LogP contribution is -2.73. The van der Waals surface area contributed by atoms with E-state index in [9.17, 15) is 8.42 Å². The van der Waals surface area contributed by atoms with Gasteiger partial charge >= 0.3 is 0 Å². The van der Waals surface area contributed by atoms with Crippen molar-refractivity contribution in [2.45, 2.75) is 57.5 Å². The summed E-state index contributed by atoms with van der Waals surface area (Å²) in [5.41, 5.74) is 0.174. The van der Waals surface area contributed by atoms with E-state index in [0.717, 1.165) is 12.5 Å². The molecule has 1 fully saturated rings. The minimum Gasteiger partial charge on any atom is -0.352 e. The molecule has 1 unspecified atom stereocenters. The molecule has 0 aliphatic carbocycles. The summed E-state index contributed by atoms with van der Waals surface area (Å²) in [5.74, 6) is 0.837. The van der Waals surface area contributed by atoms with E-state index >= 15 is 0 Å². The Bertz CT molecular complexity index is 730. The van der Waals surface area contributed by atoms with Gasteiger partial charge in [-0.1, -0.05) is 39.0 Å². The smallest absolute Gasteiger partial charge is 0.194 e. The molecule has 1 atom stereocenters. The second-order valence-electron chi connectivity index (χ2n) is 7.92. The fourth-order valence-electron chi connectivity index (χ4n) is 3.10. The van der Waals surface area contributed by atoms with Crippen molar-refractivity contribution < 1.29 is 8.42 Å². The van der Waals surface area contributed by atoms with E-state index in [-0.39, 0.29) is 46.7 Å². The molecule has 26 heavy (non-hydrogen) atoms. The summed E-state index contributed by atoms with van der Waals surface area (Å²) in [6, 6.07) is 8.46. The van der Waals surface area contributed by atoms with Gasteiger partial charge in [-0.2, -0.15) is 0 Å². The summed E-state index contributed by atoms with van der Waals surface area (Å²) in [7, 11) is -1.58. The predicted octanol–water partition coefficient (Wildman–Crippen LogP) is 3.55. The van der Waals surface area contributed by atoms with Crippen LogP contribution in [-0.4, -0.2) is 50.2 Å². The Kier molecular flexibility index (Phi) is 7.55. The van der Waals surface area contributed by atoms with Crippen molar-refractivity contribution in [2.75, 3.05) is 19.3 Å². The number of rotatable bonds is 5. The molecule has 0 aromatic heterocycles. The van der Waals surface area contributed by atoms with Crippen molar-refractivity contribution in [3.63, 3.8) is 0 Å². The fraction of sp³-hybridized carbons (Fsp3) is 0.632. The molecule has 0 saturated carbocycles. The second kappa shape index (κ2) is 8.46. The summed E-state index contributed by atoms with van der Waals surface area (Å²) in [5, 5.41) is 3.37. The van der Waals surface area contributed by atoms with Crippen LogP contribution >= 0.6 is 24.0 Å². The zero-order chi connectivity index (χ0) is 18.9. The summed E-state index contributed by atoms with van der Waals surface area (Å²) in [6.45, 7) is 11.8. The van der Waals surface area contributed by atoms with Crippen molar-refractivity contribution >= 4 is 39.8 Å². The number of sulfone groups is 1. The monoisotopic (exact) mass is 493 g/mol. The Morgan fingerprint density at radius 2 is 1.81 bits per heavy atom. The van der Waals surface area contributed by atoms with E-state index < -0.39 is 9.84 Å². The third-order valence-corrected chi connectivity index (χ3v) is 7.53. The Hall–Kier alpha value is -0.830. The molecule has 7 heteroatoms. The van der Waals surface area contributed by atoms with Crippen LogP contribution in [0.25, 0.3) is 0 Å². The number of halogens is 1. The van der Waals surface area contributed by atoms with Crippen LogP contribution in [0.4, 0.5) is 0 Å². The zero-order valence-corrected chi connectivity index (χ0v) is 19.8. The van der Waals surface area contributed by atoms with Gasteiger partial charge in [-0.05, 0) is 32.4 Å². The van der Waals surface area contributed by atoms with Crippen LogP contribution < -0.4 is 5.32 Å². The first-order valence-corrected chi connectivity index (χ1v) is 10.5. The molecule has 0 amide bonds. The lowest BCUT2D eigenvalue weighted by molar-refractivity contribution is -0.0670. The summed E-state index contributed by atoms with van der Waals surface area (Å²) < 4.78 is 25.3. The second-order valence-corrected chi connectivity index (χ2v) is 9.95. The molecule has 1 aliphatic rings. The molecule has 1 saturated heterocycles. The van der Waals surface area contributed by atoms with E-state index in [2.05, 4.69) is 42.9 Å². The van der Waals surface area contributed by atoms with E-state index in [1.165, 1.54) is 0 Å². The summed E-state index contributed by atoms with van der Waals surface area (Å²) in [4.78, 5) is 7.00. The van der Waals surface area contributed by atoms with Gasteiger partial charge in [0.1, 0.15) is 0 Å². The number of nitrogens with one attached hydrogen (secondary N) is 1. The molecule has 1 aliphatic heterocycles. The van der Waals surface area contributed by atoms with Gasteiger partial charge in [-0.15, -0.1) is 24.0 Å². The minimum atomic E-state index is -3.33. The molecule has 1 aromatic carbocycles. The third kappa shape index (κ3) is 4.52. The van der Waals surface area contributed by atoms with Crippen LogP contribution in [0.2, 0.25) is 0 Å². The van der Waals surface area contributed by atoms with Crippen LogP contribution in [0.3, 0.4) is 0 Å². The van der Waals surface area contributed by atoms with Gasteiger partial charge in [0, 0.05) is 30.6 Å². The maximum absolute atomic E-state index is 12.7. The van der Waals surface area contributed by atoms with E-state index in [1.807, 2.05) is 13.0 Å². The highest BCUT2D eigenvalue weighted by atomic mass is 127. The normalized spacial score (nSPS) is 19.9. The van der Waals surface area contributed by atoms with Gasteiger partial charge < -0.3 is 10.2 Å². The van der Waals surface area contributed by atoms with E-state index in [1.54, 1.807) is 31.3 Å². The van der Waals surface area contributed by atoms with Crippen molar-refractivity contribution in [1.82, 2.24) is 10.2 Å². The Morgan fingerprint density at radius 1 is 1.23 bits per heavy atom. The SMILES string of the molecule is CCC(CS(=O)(=O)c1ccccc1)NC(=NC)N1CC(C)(C)C1(C)C.I. The van der Waals surface area contributed by atoms with Gasteiger partial charge in [0.2, 0.25) is 0 Å². The highest BCUT2D eigenvalue weighted by molar-refractivity contribution is 14.0. The number of benzene rings is 1. The van der Waals surface area contributed by atoms with Gasteiger partial charge in [0.25, 0.3) is 0 Å². The van der Waals surface area contributed by atoms with Crippen molar-refractivity contribution in [3.8, 4) is 0 Å². The molecule has 2 rings (SSSR count). The van der Waals surface area contributed by atoms with Crippen molar-refractivity contribution in [1.29, 1.82) is 0 Å². The Balaban J connectivity index is 0.00000338. The number of nitrogens with zero attached hydrogens (tertiary/aromatic N) is 2. The maximum Gasteiger partial charge on any atom is 0.194 e. The fourth-order valence-corrected chi connectivity index (χ4v) is 4.71. The van der Waals surface area contributed by atoms with Crippen LogP contribution in [0.15, 0.2) is 40.2 Å². The number of likely N-dealkylation sites (tertiary alicyclic amines) is 1. The minimum absolute atomic E-state index is 0. The topological polar surface area (TPSA) is 61.8 Å². The molecule has 1 heterocycles. The lowest BCUT2D eigenvalue weighted by Gasteiger charge is -2.62. The van der Waals surface area contributed by atoms with Gasteiger partial charge in [-0.3, -0.25) is 4.99 Å². The van der Waals surface area contributed by atoms with Gasteiger partial charge in [0.15, 0.2) is 15.8 Å². The van der Waals surface area contributed by atoms with Crippen LogP contribution in [0, 0.1) is 5.41 Å². The maximum atomic E-state index is 12.7. The molecule has 5 nitrogen and oxygen atoms in total. The summed E-state index contributed by atoms with van der Waals surface area (Å²) in [6.07, 6.45) is 0.711. The van der Waals surface area contributed by atoms with Crippen LogP contribution in [-0.2, 0) is 9.84 Å². The van der Waals surface area contributed by atoms with Gasteiger partial charge in [0.05, 0.1) is 10.6 Å². The quantitative estimate of drug-likeness (QED) is 0.387. The number of aliphatic imine (C=N–C) groups is 1. The largest absolute Gasteiger partial charge is 0.352 e. The summed E-state index contributed by atoms with van der Waals surface area (Å²) >= 11 is 0. The van der Waals surface area contributed by atoms with Crippen LogP contribution in [0.1, 0.15) is 41.0 Å². The first-order chi connectivity index (χ1) is 11.5. The predicted molar refractivity (Wildman–Crippen MR) is 119 cm³/mol. The molecule has 1 N–H and O–H groups in total.